The van der Waals surface area contributed by atoms with Gasteiger partial charge in [-0.1, -0.05) is 12.1 Å². The van der Waals surface area contributed by atoms with Crippen LogP contribution in [0.5, 0.6) is 5.75 Å². The van der Waals surface area contributed by atoms with Crippen LogP contribution in [0.1, 0.15) is 9.88 Å². The summed E-state index contributed by atoms with van der Waals surface area (Å²) in [7, 11) is 1.82. The van der Waals surface area contributed by atoms with Gasteiger partial charge < -0.3 is 20.2 Å². The van der Waals surface area contributed by atoms with Crippen molar-refractivity contribution in [3.63, 3.8) is 0 Å². The van der Waals surface area contributed by atoms with Gasteiger partial charge >= 0.3 is 0 Å². The Balaban J connectivity index is 1.49. The second-order valence-electron chi connectivity index (χ2n) is 6.05. The third kappa shape index (κ3) is 4.42. The number of hydrogen-bond donors (Lipinski definition) is 2. The minimum atomic E-state index is 0.345. The fraction of sp³-hybridized carbons (Fsp3) is 0.444. The fourth-order valence-corrected chi connectivity index (χ4v) is 3.81. The number of aromatic nitrogens is 1. The van der Waals surface area contributed by atoms with Gasteiger partial charge in [-0.15, -0.1) is 11.3 Å². The number of nitrogens with one attached hydrogen (secondary N) is 1. The topological polar surface area (TPSA) is 64.0 Å². The van der Waals surface area contributed by atoms with E-state index < -0.39 is 0 Å². The molecule has 0 atom stereocenters. The molecule has 7 heteroatoms. The maximum absolute atomic E-state index is 10.0. The number of benzene rings is 1. The number of para-hydroxylation sites is 2. The average Bonchev–Trinajstić information content (AvgIpc) is 3.05. The standard InChI is InChI=1S/C18H25N5OS/c1-14-13-21-17(25-14)7-8-20-18(19-2)23-11-9-22(10-12-23)15-5-3-4-6-16(15)24/h3-6,13,24H,7-12H2,1-2H3,(H,19,20). The molecule has 6 nitrogen and oxygen atoms in total. The number of phenolic OH excluding ortho intramolecular Hbond substituents is 1. The van der Waals surface area contributed by atoms with E-state index in [1.54, 1.807) is 17.4 Å². The number of thiazole rings is 1. The minimum absolute atomic E-state index is 0.345. The summed E-state index contributed by atoms with van der Waals surface area (Å²) in [5, 5.41) is 14.6. The van der Waals surface area contributed by atoms with Gasteiger partial charge in [0.05, 0.1) is 10.7 Å². The molecule has 1 aliphatic rings. The summed E-state index contributed by atoms with van der Waals surface area (Å²) < 4.78 is 0. The summed E-state index contributed by atoms with van der Waals surface area (Å²) in [5.74, 6) is 1.28. The molecule has 25 heavy (non-hydrogen) atoms. The first kappa shape index (κ1) is 17.5. The zero-order chi connectivity index (χ0) is 17.6. The van der Waals surface area contributed by atoms with Gasteiger partial charge in [-0.3, -0.25) is 4.99 Å². The Hall–Kier alpha value is -2.28. The van der Waals surface area contributed by atoms with Gasteiger partial charge in [0.1, 0.15) is 5.75 Å². The minimum Gasteiger partial charge on any atom is -0.506 e. The first-order chi connectivity index (χ1) is 12.2. The highest BCUT2D eigenvalue weighted by Gasteiger charge is 2.21. The zero-order valence-electron chi connectivity index (χ0n) is 14.8. The quantitative estimate of drug-likeness (QED) is 0.647. The molecule has 1 fully saturated rings. The van der Waals surface area contributed by atoms with E-state index in [2.05, 4.69) is 32.0 Å². The molecule has 0 aliphatic carbocycles. The molecule has 2 N–H and O–H groups in total. The van der Waals surface area contributed by atoms with Crippen molar-refractivity contribution in [2.24, 2.45) is 4.99 Å². The van der Waals surface area contributed by atoms with E-state index in [-0.39, 0.29) is 0 Å². The van der Waals surface area contributed by atoms with E-state index in [0.717, 1.165) is 55.8 Å². The summed E-state index contributed by atoms with van der Waals surface area (Å²) in [6.07, 6.45) is 2.84. The summed E-state index contributed by atoms with van der Waals surface area (Å²) in [4.78, 5) is 14.5. The lowest BCUT2D eigenvalue weighted by Crippen LogP contribution is -2.52. The Labute approximate surface area is 152 Å². The lowest BCUT2D eigenvalue weighted by atomic mass is 10.2. The van der Waals surface area contributed by atoms with Crippen LogP contribution >= 0.6 is 11.3 Å². The Kier molecular flexibility index (Phi) is 5.75. The van der Waals surface area contributed by atoms with Crippen LogP contribution in [-0.2, 0) is 6.42 Å². The largest absolute Gasteiger partial charge is 0.506 e. The van der Waals surface area contributed by atoms with Crippen molar-refractivity contribution in [1.29, 1.82) is 0 Å². The number of aromatic hydroxyl groups is 1. The van der Waals surface area contributed by atoms with Crippen molar-refractivity contribution in [2.45, 2.75) is 13.3 Å². The van der Waals surface area contributed by atoms with Crippen molar-refractivity contribution in [3.05, 3.63) is 40.3 Å². The van der Waals surface area contributed by atoms with Gasteiger partial charge in [0, 0.05) is 57.3 Å². The molecule has 1 aliphatic heterocycles. The predicted octanol–water partition coefficient (Wildman–Crippen LogP) is 2.10. The highest BCUT2D eigenvalue weighted by Crippen LogP contribution is 2.27. The molecule has 2 heterocycles. The SMILES string of the molecule is CN=C(NCCc1ncc(C)s1)N1CCN(c2ccccc2O)CC1. The van der Waals surface area contributed by atoms with Crippen molar-refractivity contribution in [2.75, 3.05) is 44.7 Å². The predicted molar refractivity (Wildman–Crippen MR) is 104 cm³/mol. The van der Waals surface area contributed by atoms with Crippen molar-refractivity contribution >= 4 is 23.0 Å². The molecular weight excluding hydrogens is 334 g/mol. The Morgan fingerprint density at radius 1 is 1.28 bits per heavy atom. The fourth-order valence-electron chi connectivity index (χ4n) is 3.02. The number of hydrogen-bond acceptors (Lipinski definition) is 5. The van der Waals surface area contributed by atoms with Gasteiger partial charge in [0.25, 0.3) is 0 Å². The number of guanidine groups is 1. The zero-order valence-corrected chi connectivity index (χ0v) is 15.6. The van der Waals surface area contributed by atoms with Crippen LogP contribution in [0, 0.1) is 6.92 Å². The molecule has 3 rings (SSSR count). The van der Waals surface area contributed by atoms with Crippen LogP contribution in [0.25, 0.3) is 0 Å². The van der Waals surface area contributed by atoms with E-state index >= 15 is 0 Å². The second kappa shape index (κ2) is 8.20. The molecule has 0 spiro atoms. The first-order valence-corrected chi connectivity index (χ1v) is 9.39. The Morgan fingerprint density at radius 3 is 2.68 bits per heavy atom. The van der Waals surface area contributed by atoms with Crippen LogP contribution < -0.4 is 10.2 Å². The maximum atomic E-state index is 10.0. The van der Waals surface area contributed by atoms with E-state index in [1.165, 1.54) is 4.88 Å². The highest BCUT2D eigenvalue weighted by atomic mass is 32.1. The molecule has 0 saturated carbocycles. The molecular formula is C18H25N5OS. The number of piperazine rings is 1. The van der Waals surface area contributed by atoms with Crippen LogP contribution in [0.2, 0.25) is 0 Å². The molecule has 0 bridgehead atoms. The molecule has 0 amide bonds. The van der Waals surface area contributed by atoms with Gasteiger partial charge in [-0.05, 0) is 19.1 Å². The number of phenols is 1. The number of aryl methyl sites for hydroxylation is 1. The van der Waals surface area contributed by atoms with Crippen LogP contribution in [0.4, 0.5) is 5.69 Å². The van der Waals surface area contributed by atoms with Gasteiger partial charge in [0.2, 0.25) is 0 Å². The lowest BCUT2D eigenvalue weighted by molar-refractivity contribution is 0.370. The van der Waals surface area contributed by atoms with Crippen molar-refractivity contribution < 1.29 is 5.11 Å². The molecule has 1 saturated heterocycles. The molecule has 0 radical (unpaired) electrons. The lowest BCUT2D eigenvalue weighted by Gasteiger charge is -2.37. The third-order valence-corrected chi connectivity index (χ3v) is 5.28. The number of rotatable bonds is 4. The smallest absolute Gasteiger partial charge is 0.193 e. The number of aliphatic imine (C=N–C) groups is 1. The van der Waals surface area contributed by atoms with Crippen LogP contribution in [0.3, 0.4) is 0 Å². The normalized spacial score (nSPS) is 15.5. The summed E-state index contributed by atoms with van der Waals surface area (Å²) in [6, 6.07) is 7.52. The number of nitrogens with zero attached hydrogens (tertiary/aromatic N) is 4. The average molecular weight is 359 g/mol. The van der Waals surface area contributed by atoms with Crippen LogP contribution in [-0.4, -0.2) is 60.7 Å². The summed E-state index contributed by atoms with van der Waals surface area (Å²) >= 11 is 1.75. The van der Waals surface area contributed by atoms with Crippen molar-refractivity contribution in [1.82, 2.24) is 15.2 Å². The van der Waals surface area contributed by atoms with Crippen molar-refractivity contribution in [3.8, 4) is 5.75 Å². The molecule has 1 aromatic heterocycles. The second-order valence-corrected chi connectivity index (χ2v) is 7.37. The third-order valence-electron chi connectivity index (χ3n) is 4.30. The Bertz CT molecular complexity index is 722. The summed E-state index contributed by atoms with van der Waals surface area (Å²) in [5.41, 5.74) is 0.907. The first-order valence-electron chi connectivity index (χ1n) is 8.57. The molecule has 2 aromatic rings. The van der Waals surface area contributed by atoms with Gasteiger partial charge in [0.15, 0.2) is 5.96 Å². The van der Waals surface area contributed by atoms with E-state index in [0.29, 0.717) is 5.75 Å². The van der Waals surface area contributed by atoms with E-state index in [4.69, 9.17) is 0 Å². The van der Waals surface area contributed by atoms with E-state index in [1.807, 2.05) is 31.4 Å². The molecule has 1 aromatic carbocycles. The monoisotopic (exact) mass is 359 g/mol. The van der Waals surface area contributed by atoms with Gasteiger partial charge in [-0.25, -0.2) is 4.98 Å². The number of anilines is 1. The molecule has 0 unspecified atom stereocenters. The van der Waals surface area contributed by atoms with Crippen LogP contribution in [0.15, 0.2) is 35.5 Å². The van der Waals surface area contributed by atoms with Gasteiger partial charge in [-0.2, -0.15) is 0 Å². The maximum Gasteiger partial charge on any atom is 0.193 e. The van der Waals surface area contributed by atoms with E-state index in [9.17, 15) is 5.11 Å². The Morgan fingerprint density at radius 2 is 2.04 bits per heavy atom. The highest BCUT2D eigenvalue weighted by molar-refractivity contribution is 7.11. The summed E-state index contributed by atoms with van der Waals surface area (Å²) in [6.45, 7) is 6.40. The molecule has 134 valence electrons.